The van der Waals surface area contributed by atoms with E-state index < -0.39 is 0 Å². The number of aryl methyl sites for hydroxylation is 1. The van der Waals surface area contributed by atoms with E-state index in [4.69, 9.17) is 19.6 Å². The molecule has 3 rings (SSSR count). The number of aliphatic imine (C=N–C) groups is 1. The molecule has 0 aliphatic heterocycles. The zero-order chi connectivity index (χ0) is 20.6. The Bertz CT molecular complexity index is 971. The van der Waals surface area contributed by atoms with E-state index in [1.165, 1.54) is 5.56 Å². The summed E-state index contributed by atoms with van der Waals surface area (Å²) in [6.07, 6.45) is 2.48. The lowest BCUT2D eigenvalue weighted by atomic mass is 10.1. The Balaban J connectivity index is 0.00000320. The maximum atomic E-state index is 5.95. The lowest BCUT2D eigenvalue weighted by Crippen LogP contribution is -2.33. The number of methoxy groups -OCH3 is 2. The molecule has 3 N–H and O–H groups in total. The lowest BCUT2D eigenvalue weighted by molar-refractivity contribution is 0.354. The van der Waals surface area contributed by atoms with Crippen LogP contribution in [0.4, 0.5) is 0 Å². The van der Waals surface area contributed by atoms with Crippen LogP contribution in [0.5, 0.6) is 11.5 Å². The molecule has 0 fully saturated rings. The number of ether oxygens (including phenoxy) is 2. The van der Waals surface area contributed by atoms with Crippen LogP contribution in [0.1, 0.15) is 17.0 Å². The minimum Gasteiger partial charge on any atom is -0.493 e. The maximum Gasteiger partial charge on any atom is 0.216 e. The predicted octanol–water partition coefficient (Wildman–Crippen LogP) is 3.93. The molecule has 8 heteroatoms. The summed E-state index contributed by atoms with van der Waals surface area (Å²) in [7, 11) is 3.24. The molecule has 0 radical (unpaired) electrons. The predicted molar refractivity (Wildman–Crippen MR) is 129 cm³/mol. The summed E-state index contributed by atoms with van der Waals surface area (Å²) in [6, 6.07) is 13.9. The summed E-state index contributed by atoms with van der Waals surface area (Å²) < 4.78 is 16.3. The van der Waals surface area contributed by atoms with Crippen molar-refractivity contribution in [2.45, 2.75) is 19.9 Å². The molecule has 7 nitrogen and oxygen atoms in total. The second-order valence-electron chi connectivity index (χ2n) is 6.55. The third kappa shape index (κ3) is 6.38. The van der Waals surface area contributed by atoms with E-state index in [0.717, 1.165) is 23.3 Å². The highest BCUT2D eigenvalue weighted by Crippen LogP contribution is 2.27. The third-order valence-corrected chi connectivity index (χ3v) is 4.44. The summed E-state index contributed by atoms with van der Waals surface area (Å²) >= 11 is 0. The van der Waals surface area contributed by atoms with Gasteiger partial charge in [-0.25, -0.2) is 9.98 Å². The van der Waals surface area contributed by atoms with Crippen LogP contribution in [-0.2, 0) is 13.0 Å². The van der Waals surface area contributed by atoms with E-state index >= 15 is 0 Å². The fourth-order valence-corrected chi connectivity index (χ4v) is 2.81. The summed E-state index contributed by atoms with van der Waals surface area (Å²) in [5.41, 5.74) is 9.24. The second-order valence-corrected chi connectivity index (χ2v) is 6.55. The summed E-state index contributed by atoms with van der Waals surface area (Å²) in [6.45, 7) is 2.97. The highest BCUT2D eigenvalue weighted by atomic mass is 127. The van der Waals surface area contributed by atoms with E-state index in [1.54, 1.807) is 20.4 Å². The van der Waals surface area contributed by atoms with Crippen LogP contribution in [0, 0.1) is 6.92 Å². The lowest BCUT2D eigenvalue weighted by Gasteiger charge is -2.10. The number of nitrogens with two attached hydrogens (primary N) is 1. The van der Waals surface area contributed by atoms with Crippen LogP contribution in [0.2, 0.25) is 0 Å². The van der Waals surface area contributed by atoms with Gasteiger partial charge in [0.1, 0.15) is 6.54 Å². The van der Waals surface area contributed by atoms with Gasteiger partial charge in [0, 0.05) is 12.1 Å². The Morgan fingerprint density at radius 1 is 1.10 bits per heavy atom. The normalized spacial score (nSPS) is 11.0. The number of oxazole rings is 1. The molecular formula is C22H27IN4O3. The van der Waals surface area contributed by atoms with Gasteiger partial charge in [-0.05, 0) is 31.0 Å². The molecule has 1 aromatic heterocycles. The number of aromatic nitrogens is 1. The number of nitrogens with one attached hydrogen (secondary N) is 1. The first-order chi connectivity index (χ1) is 14.1. The van der Waals surface area contributed by atoms with Gasteiger partial charge in [-0.1, -0.05) is 35.9 Å². The van der Waals surface area contributed by atoms with Crippen molar-refractivity contribution in [3.8, 4) is 22.8 Å². The molecule has 0 unspecified atom stereocenters. The van der Waals surface area contributed by atoms with Gasteiger partial charge in [-0.3, -0.25) is 0 Å². The van der Waals surface area contributed by atoms with E-state index in [9.17, 15) is 0 Å². The molecule has 160 valence electrons. The van der Waals surface area contributed by atoms with Crippen LogP contribution in [-0.4, -0.2) is 31.7 Å². The monoisotopic (exact) mass is 522 g/mol. The molecule has 30 heavy (non-hydrogen) atoms. The molecule has 0 amide bonds. The van der Waals surface area contributed by atoms with Gasteiger partial charge in [-0.2, -0.15) is 0 Å². The van der Waals surface area contributed by atoms with Crippen LogP contribution in [0.3, 0.4) is 0 Å². The Morgan fingerprint density at radius 2 is 1.83 bits per heavy atom. The van der Waals surface area contributed by atoms with Crippen LogP contribution < -0.4 is 20.5 Å². The molecule has 0 aliphatic rings. The molecule has 3 aromatic rings. The Hall–Kier alpha value is -2.75. The van der Waals surface area contributed by atoms with Gasteiger partial charge in [0.05, 0.1) is 20.4 Å². The first-order valence-corrected chi connectivity index (χ1v) is 9.35. The molecule has 0 aliphatic carbocycles. The van der Waals surface area contributed by atoms with Crippen molar-refractivity contribution in [2.75, 3.05) is 20.8 Å². The minimum atomic E-state index is 0. The number of guanidine groups is 1. The van der Waals surface area contributed by atoms with Crippen molar-refractivity contribution < 1.29 is 13.9 Å². The van der Waals surface area contributed by atoms with E-state index in [1.807, 2.05) is 49.4 Å². The Morgan fingerprint density at radius 3 is 2.53 bits per heavy atom. The number of hydrogen-bond acceptors (Lipinski definition) is 5. The van der Waals surface area contributed by atoms with E-state index in [0.29, 0.717) is 29.9 Å². The van der Waals surface area contributed by atoms with Crippen molar-refractivity contribution in [2.24, 2.45) is 10.7 Å². The largest absolute Gasteiger partial charge is 0.493 e. The molecule has 0 saturated heterocycles. The summed E-state index contributed by atoms with van der Waals surface area (Å²) in [4.78, 5) is 8.56. The first-order valence-electron chi connectivity index (χ1n) is 9.35. The smallest absolute Gasteiger partial charge is 0.216 e. The van der Waals surface area contributed by atoms with Gasteiger partial charge in [0.25, 0.3) is 0 Å². The zero-order valence-corrected chi connectivity index (χ0v) is 19.7. The summed E-state index contributed by atoms with van der Waals surface area (Å²) in [5.74, 6) is 3.00. The van der Waals surface area contributed by atoms with Gasteiger partial charge in [0.15, 0.2) is 23.2 Å². The van der Waals surface area contributed by atoms with E-state index in [-0.39, 0.29) is 30.5 Å². The fourth-order valence-electron chi connectivity index (χ4n) is 2.81. The SMILES string of the molecule is COc1ccc(CCNC(N)=NCc2ncc(-c3ccc(C)cc3)o2)cc1OC.I. The number of halogens is 1. The standard InChI is InChI=1S/C22H26N4O3.HI/c1-15-4-7-17(8-5-15)20-13-25-21(29-20)14-26-22(23)24-11-10-16-6-9-18(27-2)19(12-16)28-3;/h4-9,12-13H,10-11,14H2,1-3H3,(H3,23,24,26);1H. The Labute approximate surface area is 193 Å². The fraction of sp³-hybridized carbons (Fsp3) is 0.273. The summed E-state index contributed by atoms with van der Waals surface area (Å²) in [5, 5.41) is 3.10. The number of nitrogens with zero attached hydrogens (tertiary/aromatic N) is 2. The average molecular weight is 522 g/mol. The molecular weight excluding hydrogens is 495 g/mol. The van der Waals surface area contributed by atoms with Crippen LogP contribution in [0.25, 0.3) is 11.3 Å². The van der Waals surface area contributed by atoms with Gasteiger partial charge >= 0.3 is 0 Å². The molecule has 0 atom stereocenters. The number of rotatable bonds is 8. The van der Waals surface area contributed by atoms with Gasteiger partial charge in [-0.15, -0.1) is 24.0 Å². The van der Waals surface area contributed by atoms with Crippen LogP contribution >= 0.6 is 24.0 Å². The topological polar surface area (TPSA) is 94.9 Å². The quantitative estimate of drug-likeness (QED) is 0.265. The highest BCUT2D eigenvalue weighted by Gasteiger charge is 2.07. The van der Waals surface area contributed by atoms with Crippen LogP contribution in [0.15, 0.2) is 58.1 Å². The van der Waals surface area contributed by atoms with Crippen molar-refractivity contribution in [1.29, 1.82) is 0 Å². The van der Waals surface area contributed by atoms with Crippen molar-refractivity contribution in [1.82, 2.24) is 10.3 Å². The maximum absolute atomic E-state index is 5.95. The first kappa shape index (κ1) is 23.5. The molecule has 0 bridgehead atoms. The van der Waals surface area contributed by atoms with Crippen molar-refractivity contribution in [3.63, 3.8) is 0 Å². The molecule has 2 aromatic carbocycles. The third-order valence-electron chi connectivity index (χ3n) is 4.44. The minimum absolute atomic E-state index is 0. The zero-order valence-electron chi connectivity index (χ0n) is 17.3. The highest BCUT2D eigenvalue weighted by molar-refractivity contribution is 14.0. The van der Waals surface area contributed by atoms with Crippen molar-refractivity contribution >= 4 is 29.9 Å². The molecule has 1 heterocycles. The second kappa shape index (κ2) is 11.4. The number of hydrogen-bond donors (Lipinski definition) is 2. The van der Waals surface area contributed by atoms with Crippen molar-refractivity contribution in [3.05, 3.63) is 65.7 Å². The Kier molecular flexibility index (Phi) is 8.97. The van der Waals surface area contributed by atoms with Gasteiger partial charge in [0.2, 0.25) is 5.89 Å². The number of benzene rings is 2. The molecule has 0 spiro atoms. The van der Waals surface area contributed by atoms with E-state index in [2.05, 4.69) is 15.3 Å². The van der Waals surface area contributed by atoms with Gasteiger partial charge < -0.3 is 24.9 Å². The average Bonchev–Trinajstić information content (AvgIpc) is 3.21. The molecule has 0 saturated carbocycles.